The first kappa shape index (κ1) is 19.7. The molecule has 1 aromatic heterocycles. The number of carbonyl (C=O) groups is 3. The van der Waals surface area contributed by atoms with E-state index in [-0.39, 0.29) is 23.6 Å². The quantitative estimate of drug-likeness (QED) is 0.557. The molecule has 0 bridgehead atoms. The van der Waals surface area contributed by atoms with Crippen LogP contribution >= 0.6 is 0 Å². The van der Waals surface area contributed by atoms with Crippen LogP contribution in [-0.2, 0) is 28.5 Å². The predicted molar refractivity (Wildman–Crippen MR) is 97.9 cm³/mol. The van der Waals surface area contributed by atoms with Gasteiger partial charge in [0.05, 0.1) is 0 Å². The van der Waals surface area contributed by atoms with Gasteiger partial charge < -0.3 is 33.4 Å². The molecule has 4 atom stereocenters. The van der Waals surface area contributed by atoms with Crippen molar-refractivity contribution >= 4 is 34.7 Å². The fourth-order valence-electron chi connectivity index (χ4n) is 3.21. The van der Waals surface area contributed by atoms with Crippen LogP contribution in [0.25, 0.3) is 11.0 Å². The molecule has 2 saturated heterocycles. The number of fused-ring (bicyclic) bond motifs is 2. The van der Waals surface area contributed by atoms with Crippen molar-refractivity contribution in [2.45, 2.75) is 38.4 Å². The summed E-state index contributed by atoms with van der Waals surface area (Å²) in [7, 11) is 0. The van der Waals surface area contributed by atoms with Gasteiger partial charge in [-0.1, -0.05) is 0 Å². The number of ether oxygens (including phenoxy) is 5. The number of hydrogen-bond donors (Lipinski definition) is 1. The molecule has 0 radical (unpaired) electrons. The Bertz CT molecular complexity index is 1080. The number of carbonyl (C=O) groups excluding carboxylic acids is 3. The Morgan fingerprint density at radius 3 is 2.60 bits per heavy atom. The molecule has 30 heavy (non-hydrogen) atoms. The van der Waals surface area contributed by atoms with Crippen LogP contribution in [0, 0.1) is 0 Å². The molecule has 11 heteroatoms. The van der Waals surface area contributed by atoms with Crippen LogP contribution in [0.5, 0.6) is 5.75 Å². The summed E-state index contributed by atoms with van der Waals surface area (Å²) in [5, 5.41) is 2.95. The van der Waals surface area contributed by atoms with E-state index < -0.39 is 48.3 Å². The van der Waals surface area contributed by atoms with Crippen LogP contribution < -0.4 is 15.7 Å². The fourth-order valence-corrected chi connectivity index (χ4v) is 3.21. The topological polar surface area (TPSA) is 140 Å². The van der Waals surface area contributed by atoms with Gasteiger partial charge in [-0.15, -0.1) is 0 Å². The maximum atomic E-state index is 12.0. The second kappa shape index (κ2) is 7.67. The molecule has 158 valence electrons. The first-order chi connectivity index (χ1) is 14.3. The molecule has 0 saturated carbocycles. The number of hydrogen-bond acceptors (Lipinski definition) is 10. The number of rotatable bonds is 5. The van der Waals surface area contributed by atoms with E-state index in [4.69, 9.17) is 28.1 Å². The van der Waals surface area contributed by atoms with Gasteiger partial charge in [-0.2, -0.15) is 0 Å². The first-order valence-electron chi connectivity index (χ1n) is 8.98. The average Bonchev–Trinajstić information content (AvgIpc) is 3.19. The van der Waals surface area contributed by atoms with Crippen LogP contribution in [0.3, 0.4) is 0 Å². The molecule has 0 aliphatic carbocycles. The second-order valence-electron chi connectivity index (χ2n) is 6.71. The van der Waals surface area contributed by atoms with Crippen molar-refractivity contribution in [3.63, 3.8) is 0 Å². The Hall–Kier alpha value is -3.60. The van der Waals surface area contributed by atoms with E-state index in [9.17, 15) is 19.2 Å². The minimum Gasteiger partial charge on any atom is -0.463 e. The largest absolute Gasteiger partial charge is 0.509 e. The van der Waals surface area contributed by atoms with Crippen LogP contribution in [0.1, 0.15) is 13.8 Å². The lowest BCUT2D eigenvalue weighted by Crippen LogP contribution is -2.33. The summed E-state index contributed by atoms with van der Waals surface area (Å²) in [5.74, 6) is -0.628. The summed E-state index contributed by atoms with van der Waals surface area (Å²) in [6.07, 6.45) is -4.30. The molecule has 3 heterocycles. The third-order valence-corrected chi connectivity index (χ3v) is 4.45. The number of amides is 1. The van der Waals surface area contributed by atoms with Crippen molar-refractivity contribution in [3.05, 3.63) is 34.7 Å². The van der Waals surface area contributed by atoms with E-state index in [1.807, 2.05) is 0 Å². The molecule has 2 aliphatic heterocycles. The van der Waals surface area contributed by atoms with Crippen LogP contribution in [0.15, 0.2) is 33.5 Å². The monoisotopic (exact) mass is 419 g/mol. The number of nitrogens with one attached hydrogen (secondary N) is 1. The maximum Gasteiger partial charge on any atom is 0.509 e. The summed E-state index contributed by atoms with van der Waals surface area (Å²) >= 11 is 0. The minimum absolute atomic E-state index is 0.0222. The molecule has 1 aromatic carbocycles. The zero-order valence-electron chi connectivity index (χ0n) is 15.9. The highest BCUT2D eigenvalue weighted by molar-refractivity contribution is 5.91. The van der Waals surface area contributed by atoms with E-state index in [0.717, 1.165) is 0 Å². The normalized spacial score (nSPS) is 24.7. The second-order valence-corrected chi connectivity index (χ2v) is 6.71. The van der Waals surface area contributed by atoms with E-state index in [1.165, 1.54) is 26.0 Å². The first-order valence-corrected chi connectivity index (χ1v) is 8.98. The molecule has 1 amide bonds. The Labute approximate surface area is 168 Å². The van der Waals surface area contributed by atoms with Crippen LogP contribution in [0.4, 0.5) is 10.5 Å². The van der Waals surface area contributed by atoms with Gasteiger partial charge in [-0.05, 0) is 18.2 Å². The van der Waals surface area contributed by atoms with Gasteiger partial charge >= 0.3 is 17.8 Å². The van der Waals surface area contributed by atoms with E-state index in [0.29, 0.717) is 5.39 Å². The van der Waals surface area contributed by atoms with Gasteiger partial charge in [0.2, 0.25) is 18.3 Å². The van der Waals surface area contributed by atoms with Crippen molar-refractivity contribution in [2.24, 2.45) is 0 Å². The lowest BCUT2D eigenvalue weighted by atomic mass is 10.1. The van der Waals surface area contributed by atoms with E-state index in [2.05, 4.69) is 5.32 Å². The smallest absolute Gasteiger partial charge is 0.463 e. The van der Waals surface area contributed by atoms with Gasteiger partial charge in [-0.3, -0.25) is 9.59 Å². The van der Waals surface area contributed by atoms with Crippen molar-refractivity contribution < 1.29 is 42.5 Å². The summed E-state index contributed by atoms with van der Waals surface area (Å²) in [4.78, 5) is 45.8. The number of anilines is 1. The lowest BCUT2D eigenvalue weighted by molar-refractivity contribution is -0.154. The minimum atomic E-state index is -1.02. The summed E-state index contributed by atoms with van der Waals surface area (Å²) < 4.78 is 31.8. The van der Waals surface area contributed by atoms with Gasteiger partial charge in [0.25, 0.3) is 0 Å². The van der Waals surface area contributed by atoms with Crippen molar-refractivity contribution in [3.8, 4) is 5.75 Å². The Morgan fingerprint density at radius 2 is 1.87 bits per heavy atom. The summed E-state index contributed by atoms with van der Waals surface area (Å²) in [5.41, 5.74) is -0.474. The molecule has 2 aromatic rings. The predicted octanol–water partition coefficient (Wildman–Crippen LogP) is 1.32. The molecular weight excluding hydrogens is 402 g/mol. The summed E-state index contributed by atoms with van der Waals surface area (Å²) in [6.45, 7) is 2.40. The van der Waals surface area contributed by atoms with Gasteiger partial charge in [-0.25, -0.2) is 9.59 Å². The number of esters is 1. The SMILES string of the molecule is CC(=O)Nc1cc2ccc(O[C@@H]3OC(COC(C)=O)C4OC(=O)OC43)cc2oc1=O. The molecule has 2 aliphatic rings. The molecule has 3 unspecified atom stereocenters. The van der Waals surface area contributed by atoms with E-state index >= 15 is 0 Å². The highest BCUT2D eigenvalue weighted by Gasteiger charge is 2.56. The molecular formula is C19H17NO10. The Kier molecular flexibility index (Phi) is 5.04. The fraction of sp³-hybridized carbons (Fsp3) is 0.368. The average molecular weight is 419 g/mol. The van der Waals surface area contributed by atoms with Gasteiger partial charge in [0, 0.05) is 25.3 Å². The van der Waals surface area contributed by atoms with Gasteiger partial charge in [0.15, 0.2) is 6.10 Å². The van der Waals surface area contributed by atoms with Crippen molar-refractivity contribution in [1.82, 2.24) is 0 Å². The maximum absolute atomic E-state index is 12.0. The van der Waals surface area contributed by atoms with Gasteiger partial charge in [0.1, 0.15) is 29.7 Å². The molecule has 4 rings (SSSR count). The van der Waals surface area contributed by atoms with E-state index in [1.54, 1.807) is 12.1 Å². The highest BCUT2D eigenvalue weighted by Crippen LogP contribution is 2.34. The van der Waals surface area contributed by atoms with Crippen LogP contribution in [-0.4, -0.2) is 49.2 Å². The third kappa shape index (κ3) is 3.92. The zero-order valence-corrected chi connectivity index (χ0v) is 15.9. The Balaban J connectivity index is 1.54. The van der Waals surface area contributed by atoms with Crippen LogP contribution in [0.2, 0.25) is 0 Å². The standard InChI is InChI=1S/C19H17NO10/c1-8(21)20-12-5-10-3-4-11(6-13(10)27-17(12)23)26-18-16-15(29-19(24)30-16)14(28-18)7-25-9(2)22/h3-6,14-16,18H,7H2,1-2H3,(H,20,21)/t14?,15?,16?,18-/m1/s1. The van der Waals surface area contributed by atoms with Crippen molar-refractivity contribution in [1.29, 1.82) is 0 Å². The van der Waals surface area contributed by atoms with Crippen molar-refractivity contribution in [2.75, 3.05) is 11.9 Å². The molecule has 2 fully saturated rings. The molecule has 1 N–H and O–H groups in total. The highest BCUT2D eigenvalue weighted by atomic mass is 16.8. The lowest BCUT2D eigenvalue weighted by Gasteiger charge is -2.18. The Morgan fingerprint density at radius 1 is 1.10 bits per heavy atom. The summed E-state index contributed by atoms with van der Waals surface area (Å²) in [6, 6.07) is 6.16. The third-order valence-electron chi connectivity index (χ3n) is 4.45. The molecule has 0 spiro atoms. The number of benzene rings is 1. The zero-order chi connectivity index (χ0) is 21.4. The molecule has 11 nitrogen and oxygen atoms in total.